The standard InChI is InChI=1S/C20H28N6O2/c1-25-8-3-5-18(25)16-10-17(24-23-16)20(28)22-15-6-9-26(13-19(15)27)12-14-4-2-7-21-11-14/h2-5,7-8,11,15-17,19,23-24,27H,6,9-10,12-13H2,1H3,(H,22,28)/t15-,16?,17?,19-/m1/s1. The Hall–Kier alpha value is -2.26. The van der Waals surface area contributed by atoms with Crippen LogP contribution in [0, 0.1) is 0 Å². The van der Waals surface area contributed by atoms with Gasteiger partial charge in [-0.15, -0.1) is 0 Å². The van der Waals surface area contributed by atoms with Gasteiger partial charge in [0.2, 0.25) is 5.91 Å². The largest absolute Gasteiger partial charge is 0.390 e. The van der Waals surface area contributed by atoms with Crippen LogP contribution in [0.4, 0.5) is 0 Å². The summed E-state index contributed by atoms with van der Waals surface area (Å²) in [5.74, 6) is -0.0611. The summed E-state index contributed by atoms with van der Waals surface area (Å²) in [6.45, 7) is 2.14. The highest BCUT2D eigenvalue weighted by molar-refractivity contribution is 5.82. The van der Waals surface area contributed by atoms with E-state index in [1.54, 1.807) is 6.20 Å². The zero-order valence-corrected chi connectivity index (χ0v) is 16.1. The maximum absolute atomic E-state index is 12.7. The maximum Gasteiger partial charge on any atom is 0.238 e. The van der Waals surface area contributed by atoms with E-state index in [0.717, 1.165) is 30.8 Å². The summed E-state index contributed by atoms with van der Waals surface area (Å²) in [5.41, 5.74) is 8.57. The Morgan fingerprint density at radius 1 is 1.36 bits per heavy atom. The van der Waals surface area contributed by atoms with Crippen LogP contribution in [-0.4, -0.2) is 56.7 Å². The Morgan fingerprint density at radius 3 is 2.96 bits per heavy atom. The van der Waals surface area contributed by atoms with E-state index in [4.69, 9.17) is 0 Å². The molecule has 8 nitrogen and oxygen atoms in total. The second-order valence-electron chi connectivity index (χ2n) is 7.74. The van der Waals surface area contributed by atoms with E-state index in [1.165, 1.54) is 0 Å². The smallest absolute Gasteiger partial charge is 0.238 e. The molecule has 2 aliphatic rings. The van der Waals surface area contributed by atoms with Crippen molar-refractivity contribution in [2.24, 2.45) is 7.05 Å². The first-order chi connectivity index (χ1) is 13.6. The predicted molar refractivity (Wildman–Crippen MR) is 105 cm³/mol. The Bertz CT molecular complexity index is 795. The Kier molecular flexibility index (Phi) is 5.72. The number of β-amino-alcohol motifs (C(OH)–C–C–N with tert-alkyl or cyclic N) is 1. The second-order valence-corrected chi connectivity index (χ2v) is 7.74. The number of amides is 1. The number of aliphatic hydroxyl groups is 1. The summed E-state index contributed by atoms with van der Waals surface area (Å²) in [6.07, 6.45) is 6.44. The number of pyridine rings is 1. The van der Waals surface area contributed by atoms with Crippen LogP contribution in [-0.2, 0) is 18.4 Å². The molecule has 2 aromatic heterocycles. The summed E-state index contributed by atoms with van der Waals surface area (Å²) in [6, 6.07) is 7.59. The van der Waals surface area contributed by atoms with Gasteiger partial charge >= 0.3 is 0 Å². The fraction of sp³-hybridized carbons (Fsp3) is 0.500. The topological polar surface area (TPSA) is 94.5 Å². The zero-order chi connectivity index (χ0) is 19.5. The van der Waals surface area contributed by atoms with Crippen LogP contribution in [0.25, 0.3) is 0 Å². The van der Waals surface area contributed by atoms with Crippen molar-refractivity contribution in [1.82, 2.24) is 30.6 Å². The van der Waals surface area contributed by atoms with E-state index < -0.39 is 6.10 Å². The summed E-state index contributed by atoms with van der Waals surface area (Å²) in [4.78, 5) is 19.0. The monoisotopic (exact) mass is 384 g/mol. The minimum atomic E-state index is -0.576. The molecular formula is C20H28N6O2. The number of carbonyl (C=O) groups is 1. The van der Waals surface area contributed by atoms with Crippen molar-refractivity contribution in [3.05, 3.63) is 54.1 Å². The third-order valence-electron chi connectivity index (χ3n) is 5.68. The van der Waals surface area contributed by atoms with Gasteiger partial charge in [0.1, 0.15) is 6.04 Å². The van der Waals surface area contributed by atoms with Crippen molar-refractivity contribution in [3.63, 3.8) is 0 Å². The maximum atomic E-state index is 12.7. The summed E-state index contributed by atoms with van der Waals surface area (Å²) >= 11 is 0. The van der Waals surface area contributed by atoms with Gasteiger partial charge < -0.3 is 15.0 Å². The van der Waals surface area contributed by atoms with E-state index in [2.05, 4.69) is 36.7 Å². The van der Waals surface area contributed by atoms with Crippen LogP contribution in [0.15, 0.2) is 42.9 Å². The molecule has 4 atom stereocenters. The fourth-order valence-corrected chi connectivity index (χ4v) is 4.10. The summed E-state index contributed by atoms with van der Waals surface area (Å²) in [5, 5.41) is 13.6. The van der Waals surface area contributed by atoms with Gasteiger partial charge in [-0.1, -0.05) is 6.07 Å². The van der Waals surface area contributed by atoms with Crippen LogP contribution in [0.5, 0.6) is 0 Å². The highest BCUT2D eigenvalue weighted by atomic mass is 16.3. The molecule has 2 fully saturated rings. The fourth-order valence-electron chi connectivity index (χ4n) is 4.10. The number of hydrogen-bond donors (Lipinski definition) is 4. The normalized spacial score (nSPS) is 28.4. The van der Waals surface area contributed by atoms with E-state index in [-0.39, 0.29) is 24.0 Å². The third kappa shape index (κ3) is 4.25. The van der Waals surface area contributed by atoms with Crippen molar-refractivity contribution < 1.29 is 9.90 Å². The van der Waals surface area contributed by atoms with Crippen LogP contribution in [0.3, 0.4) is 0 Å². The molecule has 28 heavy (non-hydrogen) atoms. The molecule has 4 rings (SSSR count). The molecule has 2 saturated heterocycles. The van der Waals surface area contributed by atoms with E-state index in [9.17, 15) is 9.90 Å². The molecule has 2 aromatic rings. The number of carbonyl (C=O) groups excluding carboxylic acids is 1. The third-order valence-corrected chi connectivity index (χ3v) is 5.68. The predicted octanol–water partition coefficient (Wildman–Crippen LogP) is 0.0793. The van der Waals surface area contributed by atoms with E-state index in [1.807, 2.05) is 37.6 Å². The van der Waals surface area contributed by atoms with Gasteiger partial charge in [0.05, 0.1) is 18.2 Å². The molecule has 0 saturated carbocycles. The van der Waals surface area contributed by atoms with E-state index in [0.29, 0.717) is 13.0 Å². The number of hydrazine groups is 1. The highest BCUT2D eigenvalue weighted by Gasteiger charge is 2.34. The number of aromatic nitrogens is 2. The second kappa shape index (κ2) is 8.40. The molecule has 0 spiro atoms. The quantitative estimate of drug-likeness (QED) is 0.583. The van der Waals surface area contributed by atoms with Gasteiger partial charge in [-0.2, -0.15) is 0 Å². The van der Waals surface area contributed by atoms with E-state index >= 15 is 0 Å². The number of aliphatic hydroxyl groups excluding tert-OH is 1. The van der Waals surface area contributed by atoms with Gasteiger partial charge in [0, 0.05) is 51.0 Å². The number of nitrogens with one attached hydrogen (secondary N) is 3. The van der Waals surface area contributed by atoms with Gasteiger partial charge in [0.15, 0.2) is 0 Å². The van der Waals surface area contributed by atoms with Crippen molar-refractivity contribution in [2.45, 2.75) is 43.6 Å². The number of nitrogens with zero attached hydrogens (tertiary/aromatic N) is 3. The Balaban J connectivity index is 1.27. The first-order valence-electron chi connectivity index (χ1n) is 9.82. The van der Waals surface area contributed by atoms with Gasteiger partial charge in [-0.3, -0.25) is 14.7 Å². The molecule has 0 aliphatic carbocycles. The molecule has 4 N–H and O–H groups in total. The van der Waals surface area contributed by atoms with Crippen molar-refractivity contribution in [1.29, 1.82) is 0 Å². The summed E-state index contributed by atoms with van der Waals surface area (Å²) in [7, 11) is 2.00. The van der Waals surface area contributed by atoms with Crippen molar-refractivity contribution in [3.8, 4) is 0 Å². The number of likely N-dealkylation sites (tertiary alicyclic amines) is 1. The molecule has 0 radical (unpaired) electrons. The van der Waals surface area contributed by atoms with Crippen LogP contribution in [0.2, 0.25) is 0 Å². The highest BCUT2D eigenvalue weighted by Crippen LogP contribution is 2.22. The first kappa shape index (κ1) is 19.1. The molecule has 2 unspecified atom stereocenters. The lowest BCUT2D eigenvalue weighted by Gasteiger charge is -2.36. The van der Waals surface area contributed by atoms with Crippen LogP contribution in [0.1, 0.15) is 30.1 Å². The number of piperidine rings is 1. The lowest BCUT2D eigenvalue weighted by molar-refractivity contribution is -0.125. The van der Waals surface area contributed by atoms with Gasteiger partial charge in [-0.25, -0.2) is 10.9 Å². The van der Waals surface area contributed by atoms with Crippen molar-refractivity contribution in [2.75, 3.05) is 13.1 Å². The molecular weight excluding hydrogens is 356 g/mol. The SMILES string of the molecule is Cn1cccc1C1CC(C(=O)N[C@@H]2CCN(Cc3cccnc3)C[C@H]2O)NN1. The molecule has 0 aromatic carbocycles. The van der Waals surface area contributed by atoms with Crippen LogP contribution >= 0.6 is 0 Å². The Labute approximate surface area is 164 Å². The lowest BCUT2D eigenvalue weighted by atomic mass is 10.00. The number of rotatable bonds is 5. The zero-order valence-electron chi connectivity index (χ0n) is 16.1. The molecule has 1 amide bonds. The average molecular weight is 384 g/mol. The van der Waals surface area contributed by atoms with Gasteiger partial charge in [-0.05, 0) is 36.6 Å². The van der Waals surface area contributed by atoms with Crippen molar-refractivity contribution >= 4 is 5.91 Å². The number of hydrogen-bond acceptors (Lipinski definition) is 6. The lowest BCUT2D eigenvalue weighted by Crippen LogP contribution is -2.56. The molecule has 2 aliphatic heterocycles. The Morgan fingerprint density at radius 2 is 2.25 bits per heavy atom. The molecule has 8 heteroatoms. The first-order valence-corrected chi connectivity index (χ1v) is 9.82. The average Bonchev–Trinajstić information content (AvgIpc) is 3.33. The molecule has 150 valence electrons. The molecule has 4 heterocycles. The summed E-state index contributed by atoms with van der Waals surface area (Å²) < 4.78 is 2.06. The molecule has 0 bridgehead atoms. The van der Waals surface area contributed by atoms with Gasteiger partial charge in [0.25, 0.3) is 0 Å². The minimum Gasteiger partial charge on any atom is -0.390 e. The minimum absolute atomic E-state index is 0.0611. The van der Waals surface area contributed by atoms with Crippen LogP contribution < -0.4 is 16.2 Å². The number of aryl methyl sites for hydroxylation is 1.